The smallest absolute Gasteiger partial charge is 0.253 e. The fraction of sp³-hybridized carbons (Fsp3) is 0.409. The number of carbonyl (C=O) groups is 1. The third-order valence-electron chi connectivity index (χ3n) is 5.32. The van der Waals surface area contributed by atoms with E-state index in [9.17, 15) is 4.79 Å². The van der Waals surface area contributed by atoms with Gasteiger partial charge >= 0.3 is 0 Å². The van der Waals surface area contributed by atoms with E-state index in [1.165, 1.54) is 0 Å². The molecule has 0 aliphatic carbocycles. The van der Waals surface area contributed by atoms with Crippen LogP contribution in [0.1, 0.15) is 23.2 Å². The van der Waals surface area contributed by atoms with E-state index >= 15 is 0 Å². The van der Waals surface area contributed by atoms with Crippen LogP contribution in [0.2, 0.25) is 5.02 Å². The summed E-state index contributed by atoms with van der Waals surface area (Å²) in [4.78, 5) is 16.9. The molecule has 1 atom stereocenters. The van der Waals surface area contributed by atoms with E-state index in [0.29, 0.717) is 25.3 Å². The molecule has 2 aliphatic rings. The van der Waals surface area contributed by atoms with Crippen LogP contribution in [0.15, 0.2) is 48.5 Å². The summed E-state index contributed by atoms with van der Waals surface area (Å²) >= 11 is 6.29. The Kier molecular flexibility index (Phi) is 6.03. The second kappa shape index (κ2) is 8.84. The maximum absolute atomic E-state index is 12.8. The van der Waals surface area contributed by atoms with Crippen molar-refractivity contribution >= 4 is 23.2 Å². The third kappa shape index (κ3) is 4.42. The molecule has 2 saturated heterocycles. The number of hydrogen-bond acceptors (Lipinski definition) is 4. The van der Waals surface area contributed by atoms with Crippen LogP contribution in [0, 0.1) is 0 Å². The van der Waals surface area contributed by atoms with E-state index in [-0.39, 0.29) is 12.0 Å². The standard InChI is InChI=1S/C22H25ClN2O3/c23-20-5-1-2-6-21(20)24-11-13-25(14-12-24)22(26)17-7-9-18(10-8-17)28-16-19-4-3-15-27-19/h1-2,5-10,19H,3-4,11-16H2. The molecule has 2 heterocycles. The molecule has 2 aromatic carbocycles. The zero-order valence-corrected chi connectivity index (χ0v) is 16.6. The van der Waals surface area contributed by atoms with Crippen LogP contribution < -0.4 is 9.64 Å². The number of para-hydroxylation sites is 1. The fourth-order valence-electron chi connectivity index (χ4n) is 3.70. The van der Waals surface area contributed by atoms with Crippen LogP contribution in [-0.4, -0.2) is 56.3 Å². The highest BCUT2D eigenvalue weighted by molar-refractivity contribution is 6.33. The van der Waals surface area contributed by atoms with Crippen LogP contribution in [-0.2, 0) is 4.74 Å². The summed E-state index contributed by atoms with van der Waals surface area (Å²) in [5, 5.41) is 0.751. The van der Waals surface area contributed by atoms with Gasteiger partial charge in [-0.05, 0) is 49.2 Å². The first-order valence-electron chi connectivity index (χ1n) is 9.84. The molecule has 0 radical (unpaired) electrons. The zero-order chi connectivity index (χ0) is 19.3. The van der Waals surface area contributed by atoms with Crippen LogP contribution >= 0.6 is 11.6 Å². The molecule has 0 saturated carbocycles. The maximum atomic E-state index is 12.8. The van der Waals surface area contributed by atoms with Crippen LogP contribution in [0.5, 0.6) is 5.75 Å². The monoisotopic (exact) mass is 400 g/mol. The van der Waals surface area contributed by atoms with E-state index in [0.717, 1.165) is 49.0 Å². The molecule has 2 aliphatic heterocycles. The van der Waals surface area contributed by atoms with Gasteiger partial charge in [0.1, 0.15) is 12.4 Å². The minimum absolute atomic E-state index is 0.0597. The van der Waals surface area contributed by atoms with Crippen molar-refractivity contribution in [1.29, 1.82) is 0 Å². The lowest BCUT2D eigenvalue weighted by Crippen LogP contribution is -2.48. The lowest BCUT2D eigenvalue weighted by molar-refractivity contribution is 0.0678. The lowest BCUT2D eigenvalue weighted by atomic mass is 10.1. The van der Waals surface area contributed by atoms with Gasteiger partial charge in [0.15, 0.2) is 0 Å². The normalized spacial score (nSPS) is 19.7. The van der Waals surface area contributed by atoms with Crippen molar-refractivity contribution in [1.82, 2.24) is 4.90 Å². The highest BCUT2D eigenvalue weighted by atomic mass is 35.5. The van der Waals surface area contributed by atoms with E-state index in [2.05, 4.69) is 4.90 Å². The molecule has 0 bridgehead atoms. The number of anilines is 1. The van der Waals surface area contributed by atoms with Gasteiger partial charge in [-0.2, -0.15) is 0 Å². The summed E-state index contributed by atoms with van der Waals surface area (Å²) in [5.41, 5.74) is 1.72. The molecule has 2 fully saturated rings. The van der Waals surface area contributed by atoms with Crippen molar-refractivity contribution in [2.45, 2.75) is 18.9 Å². The van der Waals surface area contributed by atoms with Crippen LogP contribution in [0.4, 0.5) is 5.69 Å². The molecule has 1 unspecified atom stereocenters. The van der Waals surface area contributed by atoms with Crippen LogP contribution in [0.3, 0.4) is 0 Å². The lowest BCUT2D eigenvalue weighted by Gasteiger charge is -2.36. The summed E-state index contributed by atoms with van der Waals surface area (Å²) in [6.45, 7) is 4.31. The Balaban J connectivity index is 1.30. The van der Waals surface area contributed by atoms with E-state index in [1.54, 1.807) is 0 Å². The number of amides is 1. The Bertz CT molecular complexity index is 798. The quantitative estimate of drug-likeness (QED) is 0.764. The Morgan fingerprint density at radius 1 is 1.07 bits per heavy atom. The fourth-order valence-corrected chi connectivity index (χ4v) is 3.96. The summed E-state index contributed by atoms with van der Waals surface area (Å²) in [6.07, 6.45) is 2.35. The highest BCUT2D eigenvalue weighted by Crippen LogP contribution is 2.26. The minimum Gasteiger partial charge on any atom is -0.491 e. The second-order valence-electron chi connectivity index (χ2n) is 7.20. The van der Waals surface area contributed by atoms with Crippen molar-refractivity contribution in [3.63, 3.8) is 0 Å². The Labute approximate surface area is 170 Å². The number of ether oxygens (including phenoxy) is 2. The number of carbonyl (C=O) groups excluding carboxylic acids is 1. The van der Waals surface area contributed by atoms with E-state index < -0.39 is 0 Å². The molecule has 148 valence electrons. The third-order valence-corrected chi connectivity index (χ3v) is 5.64. The number of rotatable bonds is 5. The molecule has 1 amide bonds. The van der Waals surface area contributed by atoms with Gasteiger partial charge in [-0.1, -0.05) is 23.7 Å². The maximum Gasteiger partial charge on any atom is 0.253 e. The van der Waals surface area contributed by atoms with Gasteiger partial charge in [0.05, 0.1) is 16.8 Å². The van der Waals surface area contributed by atoms with Gasteiger partial charge in [-0.15, -0.1) is 0 Å². The summed E-state index contributed by atoms with van der Waals surface area (Å²) in [6, 6.07) is 15.2. The molecular formula is C22H25ClN2O3. The van der Waals surface area contributed by atoms with Gasteiger partial charge in [-0.3, -0.25) is 4.79 Å². The van der Waals surface area contributed by atoms with Gasteiger partial charge < -0.3 is 19.3 Å². The second-order valence-corrected chi connectivity index (χ2v) is 7.61. The van der Waals surface area contributed by atoms with E-state index in [1.807, 2.05) is 53.4 Å². The van der Waals surface area contributed by atoms with Crippen molar-refractivity contribution in [3.8, 4) is 5.75 Å². The minimum atomic E-state index is 0.0597. The van der Waals surface area contributed by atoms with Crippen LogP contribution in [0.25, 0.3) is 0 Å². The highest BCUT2D eigenvalue weighted by Gasteiger charge is 2.23. The predicted octanol–water partition coefficient (Wildman–Crippen LogP) is 3.86. The molecule has 4 rings (SSSR count). The number of nitrogens with zero attached hydrogens (tertiary/aromatic N) is 2. The predicted molar refractivity (Wildman–Crippen MR) is 110 cm³/mol. The van der Waals surface area contributed by atoms with Gasteiger partial charge in [0.25, 0.3) is 5.91 Å². The number of halogens is 1. The van der Waals surface area contributed by atoms with Crippen molar-refractivity contribution < 1.29 is 14.3 Å². The Morgan fingerprint density at radius 2 is 1.82 bits per heavy atom. The number of piperazine rings is 1. The molecule has 5 nitrogen and oxygen atoms in total. The SMILES string of the molecule is O=C(c1ccc(OCC2CCCO2)cc1)N1CCN(c2ccccc2Cl)CC1. The Hall–Kier alpha value is -2.24. The van der Waals surface area contributed by atoms with Crippen molar-refractivity contribution in [2.75, 3.05) is 44.3 Å². The number of benzene rings is 2. The van der Waals surface area contributed by atoms with Crippen molar-refractivity contribution in [3.05, 3.63) is 59.1 Å². The first-order chi connectivity index (χ1) is 13.7. The molecule has 0 aromatic heterocycles. The first kappa shape index (κ1) is 19.1. The molecular weight excluding hydrogens is 376 g/mol. The molecule has 0 spiro atoms. The number of hydrogen-bond donors (Lipinski definition) is 0. The average molecular weight is 401 g/mol. The molecule has 2 aromatic rings. The average Bonchev–Trinajstić information content (AvgIpc) is 3.26. The summed E-state index contributed by atoms with van der Waals surface area (Å²) in [7, 11) is 0. The molecule has 0 N–H and O–H groups in total. The van der Waals surface area contributed by atoms with Gasteiger partial charge in [0, 0.05) is 38.3 Å². The Morgan fingerprint density at radius 3 is 2.50 bits per heavy atom. The zero-order valence-electron chi connectivity index (χ0n) is 15.9. The largest absolute Gasteiger partial charge is 0.491 e. The van der Waals surface area contributed by atoms with Crippen molar-refractivity contribution in [2.24, 2.45) is 0 Å². The van der Waals surface area contributed by atoms with E-state index in [4.69, 9.17) is 21.1 Å². The van der Waals surface area contributed by atoms with Gasteiger partial charge in [-0.25, -0.2) is 0 Å². The summed E-state index contributed by atoms with van der Waals surface area (Å²) in [5.74, 6) is 0.833. The molecule has 6 heteroatoms. The van der Waals surface area contributed by atoms with Gasteiger partial charge in [0.2, 0.25) is 0 Å². The topological polar surface area (TPSA) is 42.0 Å². The first-order valence-corrected chi connectivity index (χ1v) is 10.2. The summed E-state index contributed by atoms with van der Waals surface area (Å²) < 4.78 is 11.3. The molecule has 28 heavy (non-hydrogen) atoms.